The molecule has 0 saturated carbocycles. The van der Waals surface area contributed by atoms with Crippen molar-refractivity contribution in [1.82, 2.24) is 10.0 Å². The fraction of sp³-hybridized carbons (Fsp3) is 0.346. The van der Waals surface area contributed by atoms with E-state index >= 15 is 0 Å². The first kappa shape index (κ1) is 34.4. The van der Waals surface area contributed by atoms with Crippen molar-refractivity contribution in [2.24, 2.45) is 4.99 Å². The van der Waals surface area contributed by atoms with Crippen LogP contribution < -0.4 is 66.3 Å². The van der Waals surface area contributed by atoms with E-state index in [-0.39, 0.29) is 63.5 Å². The third-order valence-corrected chi connectivity index (χ3v) is 7.53. The fourth-order valence-electron chi connectivity index (χ4n) is 4.19. The maximum Gasteiger partial charge on any atom is 1.00 e. The van der Waals surface area contributed by atoms with Gasteiger partial charge in [-0.15, -0.1) is 0 Å². The van der Waals surface area contributed by atoms with Crippen LogP contribution in [0.25, 0.3) is 0 Å². The number of aryl methyl sites for hydroxylation is 2. The molecule has 11 nitrogen and oxygen atoms in total. The first-order chi connectivity index (χ1) is 18.2. The predicted molar refractivity (Wildman–Crippen MR) is 149 cm³/mol. The van der Waals surface area contributed by atoms with Crippen LogP contribution in [0.1, 0.15) is 34.0 Å². The minimum atomic E-state index is -4.52. The number of nitrogens with zero attached hydrogens (tertiary/aromatic N) is 2. The van der Waals surface area contributed by atoms with E-state index in [9.17, 15) is 31.0 Å². The monoisotopic (exact) mass is 614 g/mol. The number of aliphatic imine (C=N–C) groups is 1. The molecular formula is C26H31KN4O7S2. The van der Waals surface area contributed by atoms with Crippen LogP contribution in [0.2, 0.25) is 0 Å². The van der Waals surface area contributed by atoms with Crippen LogP contribution in [0.4, 0.5) is 11.4 Å². The van der Waals surface area contributed by atoms with Gasteiger partial charge in [0.1, 0.15) is 0 Å². The normalized spacial score (nSPS) is 14.3. The van der Waals surface area contributed by atoms with Crippen molar-refractivity contribution in [2.45, 2.75) is 20.8 Å². The molecule has 0 spiro atoms. The summed E-state index contributed by atoms with van der Waals surface area (Å²) >= 11 is 0. The van der Waals surface area contributed by atoms with E-state index in [1.54, 1.807) is 12.1 Å². The van der Waals surface area contributed by atoms with Crippen LogP contribution in [-0.2, 0) is 24.9 Å². The quantitative estimate of drug-likeness (QED) is 0.177. The van der Waals surface area contributed by atoms with Crippen molar-refractivity contribution in [3.05, 3.63) is 70.3 Å². The molecule has 0 unspecified atom stereocenters. The van der Waals surface area contributed by atoms with Gasteiger partial charge in [0.25, 0.3) is 5.91 Å². The minimum absolute atomic E-state index is 0. The summed E-state index contributed by atoms with van der Waals surface area (Å²) in [7, 11) is -7.81. The molecule has 0 heterocycles. The average molecular weight is 615 g/mol. The Hall–Kier alpha value is -1.75. The first-order valence-corrected chi connectivity index (χ1v) is 15.6. The van der Waals surface area contributed by atoms with Gasteiger partial charge in [-0.1, -0.05) is 18.2 Å². The number of sulfonamides is 1. The zero-order valence-corrected chi connectivity index (χ0v) is 27.9. The summed E-state index contributed by atoms with van der Waals surface area (Å²) < 4.78 is 57.9. The van der Waals surface area contributed by atoms with Gasteiger partial charge in [-0.3, -0.25) is 9.59 Å². The van der Waals surface area contributed by atoms with E-state index in [1.165, 1.54) is 6.08 Å². The summed E-state index contributed by atoms with van der Waals surface area (Å²) in [6.45, 7) is 6.64. The number of benzene rings is 2. The average Bonchev–Trinajstić information content (AvgIpc) is 2.83. The Labute approximate surface area is 277 Å². The molecule has 0 saturated heterocycles. The number of allylic oxidation sites excluding steroid dienone is 1. The van der Waals surface area contributed by atoms with Gasteiger partial charge in [0.2, 0.25) is 10.0 Å². The summed E-state index contributed by atoms with van der Waals surface area (Å²) in [6, 6.07) is 10.7. The Morgan fingerprint density at radius 3 is 2.35 bits per heavy atom. The molecule has 14 heteroatoms. The molecule has 0 aromatic heterocycles. The molecule has 40 heavy (non-hydrogen) atoms. The Balaban J connectivity index is 0.00000560. The summed E-state index contributed by atoms with van der Waals surface area (Å²) in [5.74, 6) is -2.11. The number of hydrogen-bond acceptors (Lipinski definition) is 9. The SMILES string of the molecule is CCN(CCNS(C)(=O)=O)c1ccc(N=C2C=C(C(=O)NCCS(=O)(=O)[O-])C(=O)c3cccc(C)c32)c(C)c1.[K+]. The number of carbonyl (C=O) groups excluding carboxylic acids is 2. The number of carbonyl (C=O) groups is 2. The van der Waals surface area contributed by atoms with E-state index in [1.807, 2.05) is 49.9 Å². The Kier molecular flexibility index (Phi) is 12.4. The summed E-state index contributed by atoms with van der Waals surface area (Å²) in [6.07, 6.45) is 2.49. The van der Waals surface area contributed by atoms with Crippen LogP contribution in [0.3, 0.4) is 0 Å². The van der Waals surface area contributed by atoms with E-state index in [0.29, 0.717) is 35.6 Å². The van der Waals surface area contributed by atoms with Crippen LogP contribution >= 0.6 is 0 Å². The van der Waals surface area contributed by atoms with E-state index in [4.69, 9.17) is 4.99 Å². The molecule has 0 fully saturated rings. The Bertz CT molecular complexity index is 1570. The van der Waals surface area contributed by atoms with Crippen LogP contribution in [-0.4, -0.2) is 77.0 Å². The van der Waals surface area contributed by atoms with Crippen molar-refractivity contribution >= 4 is 48.9 Å². The molecule has 2 N–H and O–H groups in total. The third-order valence-electron chi connectivity index (χ3n) is 6.10. The second kappa shape index (κ2) is 14.4. The molecule has 0 atom stereocenters. The van der Waals surface area contributed by atoms with Gasteiger partial charge in [0, 0.05) is 43.0 Å². The van der Waals surface area contributed by atoms with Crippen molar-refractivity contribution in [1.29, 1.82) is 0 Å². The number of hydrogen-bond donors (Lipinski definition) is 2. The van der Waals surface area contributed by atoms with E-state index < -0.39 is 44.1 Å². The van der Waals surface area contributed by atoms with Gasteiger partial charge >= 0.3 is 51.4 Å². The molecular weight excluding hydrogens is 584 g/mol. The molecule has 1 aliphatic carbocycles. The van der Waals surface area contributed by atoms with Gasteiger partial charge in [0.15, 0.2) is 5.78 Å². The van der Waals surface area contributed by atoms with Gasteiger partial charge in [-0.05, 0) is 56.2 Å². The molecule has 2 aromatic carbocycles. The molecule has 2 aromatic rings. The van der Waals surface area contributed by atoms with Crippen molar-refractivity contribution < 1.29 is 82.4 Å². The van der Waals surface area contributed by atoms with Gasteiger partial charge < -0.3 is 14.8 Å². The number of amides is 1. The van der Waals surface area contributed by atoms with Crippen LogP contribution in [0.5, 0.6) is 0 Å². The molecule has 1 aliphatic rings. The standard InChI is InChI=1S/C26H32N4O7S2.K/c1-5-30(13-11-28-38(4,33)34)19-9-10-22(18(3)15-19)29-23-16-21(26(32)27-12-14-39(35,36)37)25(31)20-8-6-7-17(2)24(20)23;/h6-10,15-16,28H,5,11-14H2,1-4H3,(H,27,32)(H,35,36,37);/q;+1/p-1. The van der Waals surface area contributed by atoms with E-state index in [0.717, 1.165) is 23.1 Å². The minimum Gasteiger partial charge on any atom is -0.748 e. The third kappa shape index (κ3) is 9.39. The maximum atomic E-state index is 13.1. The number of nitrogens with one attached hydrogen (secondary N) is 2. The number of Topliss-reactive ketones (excluding diaryl/α,β-unsaturated/α-hetero) is 1. The Morgan fingerprint density at radius 2 is 1.75 bits per heavy atom. The second-order valence-electron chi connectivity index (χ2n) is 9.12. The second-order valence-corrected chi connectivity index (χ2v) is 12.5. The van der Waals surface area contributed by atoms with Crippen molar-refractivity contribution in [3.8, 4) is 0 Å². The van der Waals surface area contributed by atoms with Crippen LogP contribution in [0, 0.1) is 13.8 Å². The smallest absolute Gasteiger partial charge is 0.748 e. The fourth-order valence-corrected chi connectivity index (χ4v) is 5.00. The maximum absolute atomic E-state index is 13.1. The predicted octanol–water partition coefficient (Wildman–Crippen LogP) is -1.41. The molecule has 1 amide bonds. The molecule has 0 radical (unpaired) electrons. The summed E-state index contributed by atoms with van der Waals surface area (Å²) in [5, 5.41) is 2.32. The number of likely N-dealkylation sites (N-methyl/N-ethyl adjacent to an activating group) is 1. The van der Waals surface area contributed by atoms with Gasteiger partial charge in [-0.25, -0.2) is 26.6 Å². The van der Waals surface area contributed by atoms with Crippen LogP contribution in [0.15, 0.2) is 53.0 Å². The number of ketones is 1. The first-order valence-electron chi connectivity index (χ1n) is 12.2. The summed E-state index contributed by atoms with van der Waals surface area (Å²) in [5.41, 5.74) is 4.17. The number of rotatable bonds is 11. The van der Waals surface area contributed by atoms with Crippen molar-refractivity contribution in [3.63, 3.8) is 0 Å². The number of anilines is 1. The topological polar surface area (TPSA) is 165 Å². The van der Waals surface area contributed by atoms with Crippen molar-refractivity contribution in [2.75, 3.05) is 43.1 Å². The molecule has 210 valence electrons. The van der Waals surface area contributed by atoms with Gasteiger partial charge in [-0.2, -0.15) is 0 Å². The van der Waals surface area contributed by atoms with Gasteiger partial charge in [0.05, 0.1) is 39.1 Å². The zero-order valence-electron chi connectivity index (χ0n) is 23.1. The Morgan fingerprint density at radius 1 is 1.05 bits per heavy atom. The molecule has 0 aliphatic heterocycles. The van der Waals surface area contributed by atoms with E-state index in [2.05, 4.69) is 10.0 Å². The largest absolute Gasteiger partial charge is 1.00 e. The summed E-state index contributed by atoms with van der Waals surface area (Å²) in [4.78, 5) is 32.7. The molecule has 3 rings (SSSR count). The molecule has 0 bridgehead atoms. The number of fused-ring (bicyclic) bond motifs is 1. The zero-order chi connectivity index (χ0) is 29.0.